The number of hydrogen-bond acceptors (Lipinski definition) is 5. The largest absolute Gasteiger partial charge is 0.482 e. The number of hydrogen-bond donors (Lipinski definition) is 1. The van der Waals surface area contributed by atoms with Crippen LogP contribution in [0.1, 0.15) is 60.8 Å². The molecule has 0 bridgehead atoms. The molecular formula is C33H40FN3O4. The van der Waals surface area contributed by atoms with Crippen molar-refractivity contribution in [2.45, 2.75) is 52.4 Å². The molecule has 0 aliphatic carbocycles. The molecule has 41 heavy (non-hydrogen) atoms. The van der Waals surface area contributed by atoms with Gasteiger partial charge in [0, 0.05) is 50.4 Å². The van der Waals surface area contributed by atoms with Gasteiger partial charge in [-0.05, 0) is 80.8 Å². The Morgan fingerprint density at radius 1 is 0.951 bits per heavy atom. The second-order valence-electron chi connectivity index (χ2n) is 10.7. The molecule has 0 radical (unpaired) electrons. The molecule has 1 amide bonds. The van der Waals surface area contributed by atoms with Crippen LogP contribution in [0.2, 0.25) is 0 Å². The van der Waals surface area contributed by atoms with Crippen LogP contribution < -0.4 is 4.74 Å². The fourth-order valence-corrected chi connectivity index (χ4v) is 5.63. The maximum atomic E-state index is 13.4. The number of carbonyl (C=O) groups is 2. The van der Waals surface area contributed by atoms with E-state index in [0.717, 1.165) is 36.3 Å². The summed E-state index contributed by atoms with van der Waals surface area (Å²) < 4.78 is 19.0. The molecule has 7 nitrogen and oxygen atoms in total. The molecule has 218 valence electrons. The van der Waals surface area contributed by atoms with E-state index in [-0.39, 0.29) is 29.8 Å². The minimum atomic E-state index is -1.03. The molecule has 1 aliphatic rings. The number of benzene rings is 3. The molecule has 3 atom stereocenters. The molecule has 1 fully saturated rings. The summed E-state index contributed by atoms with van der Waals surface area (Å²) in [5.41, 5.74) is 3.76. The Morgan fingerprint density at radius 2 is 1.63 bits per heavy atom. The highest BCUT2D eigenvalue weighted by molar-refractivity contribution is 5.94. The molecule has 1 saturated heterocycles. The van der Waals surface area contributed by atoms with Gasteiger partial charge in [-0.2, -0.15) is 0 Å². The molecule has 3 aromatic rings. The van der Waals surface area contributed by atoms with Crippen molar-refractivity contribution >= 4 is 11.9 Å². The lowest BCUT2D eigenvalue weighted by Gasteiger charge is -2.47. The summed E-state index contributed by atoms with van der Waals surface area (Å²) in [5, 5.41) is 9.10. The van der Waals surface area contributed by atoms with E-state index in [1.54, 1.807) is 11.0 Å². The zero-order chi connectivity index (χ0) is 29.5. The lowest BCUT2D eigenvalue weighted by Crippen LogP contribution is -2.56. The molecule has 1 heterocycles. The van der Waals surface area contributed by atoms with E-state index in [2.05, 4.69) is 23.6 Å². The molecule has 3 aromatic carbocycles. The lowest BCUT2D eigenvalue weighted by atomic mass is 9.92. The minimum Gasteiger partial charge on any atom is -0.482 e. The summed E-state index contributed by atoms with van der Waals surface area (Å²) in [7, 11) is 0. The minimum absolute atomic E-state index is 0.0126. The number of amides is 1. The summed E-state index contributed by atoms with van der Waals surface area (Å²) in [4.78, 5) is 30.8. The number of carbonyl (C=O) groups excluding carboxylic acids is 1. The Kier molecular flexibility index (Phi) is 10.1. The van der Waals surface area contributed by atoms with Gasteiger partial charge in [0.05, 0.1) is 6.04 Å². The Balaban J connectivity index is 1.64. The quantitative estimate of drug-likeness (QED) is 0.336. The SMILES string of the molecule is CCN(CC)C(=O)c1ccc(C(c2cccc(OCC(=O)O)c2)N2C[C@@H](C)N(Cc3ccc(F)cc3)C[C@@H]2C)cc1. The number of carboxylic acid groups (broad SMARTS) is 1. The normalized spacial score (nSPS) is 18.6. The molecule has 1 aliphatic heterocycles. The molecule has 0 spiro atoms. The average Bonchev–Trinajstić information content (AvgIpc) is 2.97. The predicted molar refractivity (Wildman–Crippen MR) is 158 cm³/mol. The van der Waals surface area contributed by atoms with Gasteiger partial charge < -0.3 is 14.7 Å². The van der Waals surface area contributed by atoms with Crippen LogP contribution >= 0.6 is 0 Å². The summed E-state index contributed by atoms with van der Waals surface area (Å²) in [6.45, 7) is 11.6. The van der Waals surface area contributed by atoms with Crippen LogP contribution in [0.25, 0.3) is 0 Å². The highest BCUT2D eigenvalue weighted by Crippen LogP contribution is 2.35. The topological polar surface area (TPSA) is 73.3 Å². The van der Waals surface area contributed by atoms with Gasteiger partial charge in [0.25, 0.3) is 5.91 Å². The van der Waals surface area contributed by atoms with Gasteiger partial charge in [-0.3, -0.25) is 14.6 Å². The predicted octanol–water partition coefficient (Wildman–Crippen LogP) is 5.46. The highest BCUT2D eigenvalue weighted by Gasteiger charge is 2.35. The van der Waals surface area contributed by atoms with Gasteiger partial charge >= 0.3 is 5.97 Å². The van der Waals surface area contributed by atoms with Crippen LogP contribution in [0, 0.1) is 5.82 Å². The summed E-state index contributed by atoms with van der Waals surface area (Å²) in [6.07, 6.45) is 0. The van der Waals surface area contributed by atoms with E-state index >= 15 is 0 Å². The third-order valence-corrected chi connectivity index (χ3v) is 7.85. The maximum Gasteiger partial charge on any atom is 0.341 e. The van der Waals surface area contributed by atoms with Crippen molar-refractivity contribution < 1.29 is 23.8 Å². The molecular weight excluding hydrogens is 521 g/mol. The van der Waals surface area contributed by atoms with Crippen molar-refractivity contribution in [1.29, 1.82) is 0 Å². The van der Waals surface area contributed by atoms with Crippen LogP contribution in [0.4, 0.5) is 4.39 Å². The Morgan fingerprint density at radius 3 is 2.27 bits per heavy atom. The third kappa shape index (κ3) is 7.51. The third-order valence-electron chi connectivity index (χ3n) is 7.85. The molecule has 4 rings (SSSR count). The van der Waals surface area contributed by atoms with Gasteiger partial charge in [0.1, 0.15) is 11.6 Å². The van der Waals surface area contributed by atoms with Crippen LogP contribution in [0.5, 0.6) is 5.75 Å². The van der Waals surface area contributed by atoms with Crippen LogP contribution in [0.3, 0.4) is 0 Å². The first kappa shape index (κ1) is 30.2. The number of halogens is 1. The summed E-state index contributed by atoms with van der Waals surface area (Å²) >= 11 is 0. The number of nitrogens with zero attached hydrogens (tertiary/aromatic N) is 3. The number of rotatable bonds is 11. The van der Waals surface area contributed by atoms with Crippen LogP contribution in [-0.4, -0.2) is 76.6 Å². The van der Waals surface area contributed by atoms with Crippen molar-refractivity contribution in [2.75, 3.05) is 32.8 Å². The van der Waals surface area contributed by atoms with Crippen LogP contribution in [-0.2, 0) is 11.3 Å². The number of carboxylic acids is 1. The van der Waals surface area contributed by atoms with Crippen molar-refractivity contribution in [3.8, 4) is 5.75 Å². The number of aliphatic carboxylic acids is 1. The molecule has 1 N–H and O–H groups in total. The van der Waals surface area contributed by atoms with E-state index in [1.807, 2.05) is 68.4 Å². The first-order valence-electron chi connectivity index (χ1n) is 14.3. The summed E-state index contributed by atoms with van der Waals surface area (Å²) in [5.74, 6) is -0.750. The fourth-order valence-electron chi connectivity index (χ4n) is 5.63. The number of ether oxygens (including phenoxy) is 1. The van der Waals surface area contributed by atoms with Crippen molar-refractivity contribution in [2.24, 2.45) is 0 Å². The van der Waals surface area contributed by atoms with Gasteiger partial charge in [-0.15, -0.1) is 0 Å². The monoisotopic (exact) mass is 561 g/mol. The Labute approximate surface area is 242 Å². The molecule has 0 saturated carbocycles. The van der Waals surface area contributed by atoms with E-state index in [4.69, 9.17) is 9.84 Å². The highest BCUT2D eigenvalue weighted by atomic mass is 19.1. The van der Waals surface area contributed by atoms with Gasteiger partial charge in [-0.1, -0.05) is 36.4 Å². The molecule has 1 unspecified atom stereocenters. The van der Waals surface area contributed by atoms with Gasteiger partial charge in [0.2, 0.25) is 0 Å². The van der Waals surface area contributed by atoms with E-state index in [9.17, 15) is 14.0 Å². The second-order valence-corrected chi connectivity index (χ2v) is 10.7. The Bertz CT molecular complexity index is 1310. The number of piperazine rings is 1. The Hall–Kier alpha value is -3.75. The van der Waals surface area contributed by atoms with E-state index in [0.29, 0.717) is 24.4 Å². The molecule has 8 heteroatoms. The van der Waals surface area contributed by atoms with Crippen molar-refractivity contribution in [3.63, 3.8) is 0 Å². The van der Waals surface area contributed by atoms with Crippen LogP contribution in [0.15, 0.2) is 72.8 Å². The van der Waals surface area contributed by atoms with Crippen molar-refractivity contribution in [3.05, 3.63) is 101 Å². The maximum absolute atomic E-state index is 13.4. The summed E-state index contributed by atoms with van der Waals surface area (Å²) in [6, 6.07) is 22.4. The second kappa shape index (κ2) is 13.7. The smallest absolute Gasteiger partial charge is 0.341 e. The fraction of sp³-hybridized carbons (Fsp3) is 0.394. The zero-order valence-electron chi connectivity index (χ0n) is 24.3. The van der Waals surface area contributed by atoms with Crippen molar-refractivity contribution in [1.82, 2.24) is 14.7 Å². The average molecular weight is 562 g/mol. The standard InChI is InChI=1S/C33H40FN3O4/c1-5-35(6-2)33(40)27-14-12-26(13-15-27)32(28-8-7-9-30(18-28)41-22-31(38)39)37-20-23(3)36(19-24(37)4)21-25-10-16-29(34)17-11-25/h7-18,23-24,32H,5-6,19-22H2,1-4H3,(H,38,39)/t23-,24+,32?/m1/s1. The van der Waals surface area contributed by atoms with E-state index < -0.39 is 12.6 Å². The molecule has 0 aromatic heterocycles. The van der Waals surface area contributed by atoms with Gasteiger partial charge in [-0.25, -0.2) is 9.18 Å². The van der Waals surface area contributed by atoms with Gasteiger partial charge in [0.15, 0.2) is 6.61 Å². The first-order chi connectivity index (χ1) is 19.7. The first-order valence-corrected chi connectivity index (χ1v) is 14.3. The zero-order valence-corrected chi connectivity index (χ0v) is 24.3. The van der Waals surface area contributed by atoms with E-state index in [1.165, 1.54) is 12.1 Å². The lowest BCUT2D eigenvalue weighted by molar-refractivity contribution is -0.139.